The highest BCUT2D eigenvalue weighted by Gasteiger charge is 2.34. The average molecular weight is 658 g/mol. The zero-order chi connectivity index (χ0) is 28.7. The van der Waals surface area contributed by atoms with Crippen molar-refractivity contribution in [1.82, 2.24) is 0 Å². The summed E-state index contributed by atoms with van der Waals surface area (Å²) in [6.45, 7) is 0. The number of hydrogen-bond acceptors (Lipinski definition) is 9. The average Bonchev–Trinajstić information content (AvgIpc) is 2.97. The van der Waals surface area contributed by atoms with Gasteiger partial charge in [-0.15, -0.1) is 0 Å². The second-order valence-electron chi connectivity index (χ2n) is 9.15. The molecule has 0 aliphatic heterocycles. The third kappa shape index (κ3) is 4.82. The highest BCUT2D eigenvalue weighted by atomic mass is 127. The van der Waals surface area contributed by atoms with E-state index in [0.29, 0.717) is 5.69 Å². The fraction of sp³-hybridized carbons (Fsp3) is 0.0323. The van der Waals surface area contributed by atoms with Crippen molar-refractivity contribution < 1.29 is 24.2 Å². The first kappa shape index (κ1) is 26.3. The second kappa shape index (κ2) is 10.5. The molecule has 6 rings (SSSR count). The lowest BCUT2D eigenvalue weighted by atomic mass is 9.84. The molecule has 0 atom stereocenters. The van der Waals surface area contributed by atoms with Crippen molar-refractivity contribution in [2.45, 2.75) is 5.92 Å². The fourth-order valence-corrected chi connectivity index (χ4v) is 5.08. The molecule has 0 amide bonds. The summed E-state index contributed by atoms with van der Waals surface area (Å²) in [5.74, 6) is -2.79. The lowest BCUT2D eigenvalue weighted by Gasteiger charge is -2.20. The second-order valence-corrected chi connectivity index (χ2v) is 10.4. The Kier molecular flexibility index (Phi) is 6.75. The van der Waals surface area contributed by atoms with Crippen molar-refractivity contribution in [2.75, 3.05) is 0 Å². The van der Waals surface area contributed by atoms with Crippen molar-refractivity contribution in [3.8, 4) is 17.2 Å². The first-order valence-corrected chi connectivity index (χ1v) is 13.4. The Morgan fingerprint density at radius 2 is 1.12 bits per heavy atom. The number of phenolic OH excluding ortho intramolecular Hbond substituents is 1. The molecule has 0 radical (unpaired) electrons. The van der Waals surface area contributed by atoms with Crippen molar-refractivity contribution in [3.63, 3.8) is 0 Å². The Hall–Kier alpha value is -4.97. The maximum atomic E-state index is 13.4. The van der Waals surface area contributed by atoms with E-state index in [9.17, 15) is 24.9 Å². The summed E-state index contributed by atoms with van der Waals surface area (Å²) in [6.07, 6.45) is 0. The van der Waals surface area contributed by atoms with Crippen LogP contribution in [0.1, 0.15) is 22.6 Å². The van der Waals surface area contributed by atoms with Crippen LogP contribution in [-0.2, 0) is 0 Å². The zero-order valence-corrected chi connectivity index (χ0v) is 23.1. The SMILES string of the molecule is O=c1oc2ccccc2c(O)c1C(c1cc(N=Nc2ccc(I)cc2)ccc1O)c1c(O)c2ccccc2oc1=O. The molecular weight excluding hydrogens is 639 g/mol. The van der Waals surface area contributed by atoms with Crippen LogP contribution in [0.5, 0.6) is 17.2 Å². The maximum Gasteiger partial charge on any atom is 0.344 e. The van der Waals surface area contributed by atoms with E-state index in [1.807, 2.05) is 12.1 Å². The van der Waals surface area contributed by atoms with Gasteiger partial charge in [-0.3, -0.25) is 0 Å². The molecular formula is C31H19IN2O7. The van der Waals surface area contributed by atoms with E-state index in [4.69, 9.17) is 8.83 Å². The van der Waals surface area contributed by atoms with Gasteiger partial charge in [0.05, 0.1) is 39.2 Å². The minimum Gasteiger partial charge on any atom is -0.508 e. The Labute approximate surface area is 244 Å². The first-order chi connectivity index (χ1) is 19.8. The van der Waals surface area contributed by atoms with Crippen LogP contribution in [0.25, 0.3) is 21.9 Å². The molecule has 2 heterocycles. The molecule has 202 valence electrons. The molecule has 0 aliphatic carbocycles. The van der Waals surface area contributed by atoms with E-state index in [2.05, 4.69) is 32.8 Å². The van der Waals surface area contributed by atoms with Crippen molar-refractivity contribution in [1.29, 1.82) is 0 Å². The molecule has 0 fully saturated rings. The molecule has 4 aromatic carbocycles. The van der Waals surface area contributed by atoms with Crippen LogP contribution in [-0.4, -0.2) is 15.3 Å². The highest BCUT2D eigenvalue weighted by Crippen LogP contribution is 2.45. The van der Waals surface area contributed by atoms with Crippen molar-refractivity contribution in [3.05, 3.63) is 132 Å². The van der Waals surface area contributed by atoms with Gasteiger partial charge in [-0.2, -0.15) is 10.2 Å². The molecule has 6 aromatic rings. The molecule has 10 heteroatoms. The van der Waals surface area contributed by atoms with Gasteiger partial charge in [0.15, 0.2) is 0 Å². The molecule has 0 aliphatic rings. The first-order valence-electron chi connectivity index (χ1n) is 12.3. The summed E-state index contributed by atoms with van der Waals surface area (Å²) in [7, 11) is 0. The smallest absolute Gasteiger partial charge is 0.344 e. The van der Waals surface area contributed by atoms with Crippen LogP contribution in [0.15, 0.2) is 120 Å². The Morgan fingerprint density at radius 1 is 0.634 bits per heavy atom. The van der Waals surface area contributed by atoms with Crippen LogP contribution in [0.2, 0.25) is 0 Å². The van der Waals surface area contributed by atoms with E-state index >= 15 is 0 Å². The summed E-state index contributed by atoms with van der Waals surface area (Å²) in [4.78, 5) is 26.8. The predicted octanol–water partition coefficient (Wildman–Crippen LogP) is 7.22. The number of hydrogen-bond donors (Lipinski definition) is 3. The van der Waals surface area contributed by atoms with Crippen LogP contribution in [0.3, 0.4) is 0 Å². The van der Waals surface area contributed by atoms with E-state index in [1.165, 1.54) is 30.3 Å². The number of phenols is 1. The van der Waals surface area contributed by atoms with Gasteiger partial charge in [0.25, 0.3) is 0 Å². The summed E-state index contributed by atoms with van der Waals surface area (Å²) < 4.78 is 12.0. The standard InChI is InChI=1S/C31H19IN2O7/c32-16-9-11-17(12-10-16)33-34-18-13-14-22(35)21(15-18)25(26-28(36)19-5-1-3-7-23(19)40-30(26)38)27-29(37)20-6-2-4-8-24(20)41-31(27)39/h1-15,25,35-37H. The number of benzene rings is 4. The summed E-state index contributed by atoms with van der Waals surface area (Å²) in [6, 6.07) is 24.2. The lowest BCUT2D eigenvalue weighted by molar-refractivity contribution is 0.435. The third-order valence-electron chi connectivity index (χ3n) is 6.65. The van der Waals surface area contributed by atoms with E-state index in [1.54, 1.807) is 48.5 Å². The molecule has 0 unspecified atom stereocenters. The van der Waals surface area contributed by atoms with Gasteiger partial charge in [0, 0.05) is 9.13 Å². The van der Waals surface area contributed by atoms with Gasteiger partial charge < -0.3 is 24.2 Å². The summed E-state index contributed by atoms with van der Waals surface area (Å²) in [5, 5.41) is 42.6. The molecule has 2 aromatic heterocycles. The topological polar surface area (TPSA) is 146 Å². The van der Waals surface area contributed by atoms with Crippen LogP contribution < -0.4 is 11.3 Å². The van der Waals surface area contributed by atoms with Gasteiger partial charge in [0.1, 0.15) is 28.4 Å². The van der Waals surface area contributed by atoms with Crippen LogP contribution in [0, 0.1) is 3.57 Å². The van der Waals surface area contributed by atoms with Crippen molar-refractivity contribution in [2.24, 2.45) is 10.2 Å². The number of nitrogens with zero attached hydrogens (tertiary/aromatic N) is 2. The molecule has 0 bridgehead atoms. The molecule has 41 heavy (non-hydrogen) atoms. The van der Waals surface area contributed by atoms with Gasteiger partial charge in [-0.25, -0.2) is 9.59 Å². The van der Waals surface area contributed by atoms with Crippen LogP contribution >= 0.6 is 22.6 Å². The van der Waals surface area contributed by atoms with Gasteiger partial charge in [-0.1, -0.05) is 24.3 Å². The minimum absolute atomic E-state index is 0.0141. The molecule has 0 spiro atoms. The van der Waals surface area contributed by atoms with E-state index in [0.717, 1.165) is 3.57 Å². The van der Waals surface area contributed by atoms with Gasteiger partial charge in [-0.05, 0) is 89.3 Å². The normalized spacial score (nSPS) is 11.7. The number of aromatic hydroxyl groups is 3. The Balaban J connectivity index is 1.63. The Morgan fingerprint density at radius 3 is 1.68 bits per heavy atom. The van der Waals surface area contributed by atoms with E-state index in [-0.39, 0.29) is 50.1 Å². The molecule has 9 nitrogen and oxygen atoms in total. The molecule has 0 saturated carbocycles. The fourth-order valence-electron chi connectivity index (χ4n) is 4.72. The molecule has 3 N–H and O–H groups in total. The number of fused-ring (bicyclic) bond motifs is 2. The lowest BCUT2D eigenvalue weighted by Crippen LogP contribution is -2.21. The van der Waals surface area contributed by atoms with E-state index < -0.39 is 28.7 Å². The largest absolute Gasteiger partial charge is 0.508 e. The summed E-state index contributed by atoms with van der Waals surface area (Å²) >= 11 is 2.18. The van der Waals surface area contributed by atoms with Crippen molar-refractivity contribution >= 4 is 55.9 Å². The minimum atomic E-state index is -1.51. The molecule has 0 saturated heterocycles. The monoisotopic (exact) mass is 658 g/mol. The van der Waals surface area contributed by atoms with Crippen LogP contribution in [0.4, 0.5) is 11.4 Å². The number of para-hydroxylation sites is 2. The quantitative estimate of drug-likeness (QED) is 0.101. The maximum absolute atomic E-state index is 13.4. The number of rotatable bonds is 5. The predicted molar refractivity (Wildman–Crippen MR) is 161 cm³/mol. The van der Waals surface area contributed by atoms with Gasteiger partial charge in [0.2, 0.25) is 0 Å². The zero-order valence-electron chi connectivity index (χ0n) is 21.0. The van der Waals surface area contributed by atoms with Gasteiger partial charge >= 0.3 is 11.3 Å². The third-order valence-corrected chi connectivity index (χ3v) is 7.37. The Bertz CT molecular complexity index is 2000. The number of azo groups is 1. The number of halogens is 1. The summed E-state index contributed by atoms with van der Waals surface area (Å²) in [5.41, 5.74) is -1.60. The highest BCUT2D eigenvalue weighted by molar-refractivity contribution is 14.1.